The van der Waals surface area contributed by atoms with Gasteiger partial charge in [0.15, 0.2) is 17.2 Å². The van der Waals surface area contributed by atoms with E-state index >= 15 is 0 Å². The van der Waals surface area contributed by atoms with Gasteiger partial charge >= 0.3 is 10.1 Å². The van der Waals surface area contributed by atoms with Gasteiger partial charge in [-0.3, -0.25) is 4.28 Å². The molecule has 124 valence electrons. The molecule has 0 aromatic heterocycles. The molecule has 0 aliphatic rings. The third kappa shape index (κ3) is 3.83. The van der Waals surface area contributed by atoms with Crippen molar-refractivity contribution in [1.82, 2.24) is 0 Å². The Morgan fingerprint density at radius 3 is 2.29 bits per heavy atom. The second-order valence-electron chi connectivity index (χ2n) is 4.46. The maximum Gasteiger partial charge on any atom is 0.358 e. The Hall–Kier alpha value is -3.05. The Balaban J connectivity index is 2.32. The summed E-state index contributed by atoms with van der Waals surface area (Å²) in [5.74, 6) is 0.847. The summed E-state index contributed by atoms with van der Waals surface area (Å²) >= 11 is 0. The van der Waals surface area contributed by atoms with Crippen LogP contribution in [0.25, 0.3) is 0 Å². The Morgan fingerprint density at radius 1 is 1.04 bits per heavy atom. The fraction of sp³-hybridized carbons (Fsp3) is 0.125. The molecule has 8 heteroatoms. The standard InChI is InChI=1S/C16H14N2O5S/c1-21-15-9-8-12(10-16(15)22-2)14(11-17)18-23-24(19,20)13-6-4-3-5-7-13/h3-10H,1-2H3. The summed E-state index contributed by atoms with van der Waals surface area (Å²) in [7, 11) is -1.17. The molecule has 0 amide bonds. The zero-order valence-corrected chi connectivity index (χ0v) is 13.8. The van der Waals surface area contributed by atoms with E-state index in [1.54, 1.807) is 36.4 Å². The second kappa shape index (κ2) is 7.48. The molecule has 2 aromatic carbocycles. The van der Waals surface area contributed by atoms with Crippen molar-refractivity contribution in [3.8, 4) is 17.6 Å². The zero-order chi connectivity index (χ0) is 17.6. The number of hydrogen-bond donors (Lipinski definition) is 0. The van der Waals surface area contributed by atoms with E-state index in [-0.39, 0.29) is 10.6 Å². The Bertz CT molecular complexity index is 886. The molecule has 0 N–H and O–H groups in total. The van der Waals surface area contributed by atoms with Crippen molar-refractivity contribution in [2.24, 2.45) is 5.16 Å². The highest BCUT2D eigenvalue weighted by atomic mass is 32.2. The summed E-state index contributed by atoms with van der Waals surface area (Å²) < 4.78 is 38.9. The van der Waals surface area contributed by atoms with Crippen molar-refractivity contribution >= 4 is 15.8 Å². The van der Waals surface area contributed by atoms with Gasteiger partial charge in [0.05, 0.1) is 14.2 Å². The van der Waals surface area contributed by atoms with E-state index in [0.29, 0.717) is 17.1 Å². The van der Waals surface area contributed by atoms with Crippen LogP contribution in [-0.4, -0.2) is 28.3 Å². The van der Waals surface area contributed by atoms with E-state index in [2.05, 4.69) is 9.44 Å². The lowest BCUT2D eigenvalue weighted by atomic mass is 10.1. The van der Waals surface area contributed by atoms with Gasteiger partial charge in [-0.2, -0.15) is 13.7 Å². The molecule has 0 fully saturated rings. The average Bonchev–Trinajstić information content (AvgIpc) is 2.62. The van der Waals surface area contributed by atoms with Crippen LogP contribution in [0.5, 0.6) is 11.5 Å². The maximum atomic E-state index is 12.0. The first-order valence-corrected chi connectivity index (χ1v) is 8.12. The first-order valence-electron chi connectivity index (χ1n) is 6.71. The highest BCUT2D eigenvalue weighted by Crippen LogP contribution is 2.27. The van der Waals surface area contributed by atoms with E-state index in [1.807, 2.05) is 0 Å². The van der Waals surface area contributed by atoms with Gasteiger partial charge < -0.3 is 9.47 Å². The van der Waals surface area contributed by atoms with E-state index in [0.717, 1.165) is 0 Å². The Labute approximate surface area is 139 Å². The predicted octanol–water partition coefficient (Wildman–Crippen LogP) is 2.34. The van der Waals surface area contributed by atoms with E-state index < -0.39 is 10.1 Å². The number of ether oxygens (including phenoxy) is 2. The first kappa shape index (κ1) is 17.3. The number of benzene rings is 2. The van der Waals surface area contributed by atoms with Crippen molar-refractivity contribution in [3.63, 3.8) is 0 Å². The van der Waals surface area contributed by atoms with Crippen molar-refractivity contribution in [3.05, 3.63) is 54.1 Å². The van der Waals surface area contributed by atoms with Crippen LogP contribution < -0.4 is 9.47 Å². The number of nitriles is 1. The minimum atomic E-state index is -4.10. The van der Waals surface area contributed by atoms with Crippen LogP contribution in [0.15, 0.2) is 58.6 Å². The summed E-state index contributed by atoms with van der Waals surface area (Å²) in [6.07, 6.45) is 0. The third-order valence-corrected chi connectivity index (χ3v) is 4.14. The predicted molar refractivity (Wildman–Crippen MR) is 86.4 cm³/mol. The number of hydrogen-bond acceptors (Lipinski definition) is 7. The van der Waals surface area contributed by atoms with Crippen LogP contribution in [0.4, 0.5) is 0 Å². The highest BCUT2D eigenvalue weighted by Gasteiger charge is 2.16. The summed E-state index contributed by atoms with van der Waals surface area (Å²) in [5, 5.41) is 12.7. The molecular weight excluding hydrogens is 332 g/mol. The van der Waals surface area contributed by atoms with Crippen molar-refractivity contribution in [2.45, 2.75) is 4.90 Å². The SMILES string of the molecule is COc1ccc(C(C#N)=NOS(=O)(=O)c2ccccc2)cc1OC. The lowest BCUT2D eigenvalue weighted by molar-refractivity contribution is 0.339. The molecule has 7 nitrogen and oxygen atoms in total. The molecule has 2 aromatic rings. The molecule has 0 saturated heterocycles. The molecule has 0 unspecified atom stereocenters. The van der Waals surface area contributed by atoms with E-state index in [4.69, 9.17) is 9.47 Å². The third-order valence-electron chi connectivity index (χ3n) is 3.02. The van der Waals surface area contributed by atoms with E-state index in [1.165, 1.54) is 32.4 Å². The van der Waals surface area contributed by atoms with Gasteiger partial charge in [-0.25, -0.2) is 0 Å². The zero-order valence-electron chi connectivity index (χ0n) is 13.0. The summed E-state index contributed by atoms with van der Waals surface area (Å²) in [6.45, 7) is 0. The Morgan fingerprint density at radius 2 is 1.71 bits per heavy atom. The first-order chi connectivity index (χ1) is 11.5. The minimum Gasteiger partial charge on any atom is -0.493 e. The molecule has 0 aliphatic carbocycles. The van der Waals surface area contributed by atoms with Crippen LogP contribution in [0.2, 0.25) is 0 Å². The highest BCUT2D eigenvalue weighted by molar-refractivity contribution is 7.86. The molecular formula is C16H14N2O5S. The number of oxime groups is 1. The largest absolute Gasteiger partial charge is 0.493 e. The monoisotopic (exact) mass is 346 g/mol. The summed E-state index contributed by atoms with van der Waals surface area (Å²) in [4.78, 5) is -0.0571. The van der Waals surface area contributed by atoms with Gasteiger partial charge in [0, 0.05) is 5.56 Å². The average molecular weight is 346 g/mol. The topological polar surface area (TPSA) is 98.0 Å². The fourth-order valence-corrected chi connectivity index (χ4v) is 2.59. The maximum absolute atomic E-state index is 12.0. The van der Waals surface area contributed by atoms with Gasteiger partial charge in [-0.15, -0.1) is 0 Å². The molecule has 0 spiro atoms. The molecule has 0 heterocycles. The van der Waals surface area contributed by atoms with Gasteiger partial charge in [-0.05, 0) is 30.3 Å². The van der Waals surface area contributed by atoms with E-state index in [9.17, 15) is 13.7 Å². The molecule has 0 aliphatic heterocycles. The molecule has 24 heavy (non-hydrogen) atoms. The van der Waals surface area contributed by atoms with Crippen LogP contribution in [0.1, 0.15) is 5.56 Å². The van der Waals surface area contributed by atoms with Gasteiger partial charge in [0.1, 0.15) is 11.0 Å². The minimum absolute atomic E-state index is 0.0571. The summed E-state index contributed by atoms with van der Waals surface area (Å²) in [6, 6.07) is 13.9. The number of methoxy groups -OCH3 is 2. The van der Waals surface area contributed by atoms with Crippen molar-refractivity contribution in [1.29, 1.82) is 5.26 Å². The van der Waals surface area contributed by atoms with Crippen molar-refractivity contribution in [2.75, 3.05) is 14.2 Å². The lowest BCUT2D eigenvalue weighted by Gasteiger charge is -2.08. The fourth-order valence-electron chi connectivity index (χ4n) is 1.84. The van der Waals surface area contributed by atoms with Crippen LogP contribution >= 0.6 is 0 Å². The van der Waals surface area contributed by atoms with Gasteiger partial charge in [0.2, 0.25) is 0 Å². The Kier molecular flexibility index (Phi) is 5.39. The van der Waals surface area contributed by atoms with Crippen LogP contribution in [0.3, 0.4) is 0 Å². The molecule has 0 radical (unpaired) electrons. The number of rotatable bonds is 6. The number of nitrogens with zero attached hydrogens (tertiary/aromatic N) is 2. The smallest absolute Gasteiger partial charge is 0.358 e. The van der Waals surface area contributed by atoms with Crippen molar-refractivity contribution < 1.29 is 22.2 Å². The quantitative estimate of drug-likeness (QED) is 0.588. The lowest BCUT2D eigenvalue weighted by Crippen LogP contribution is -2.06. The molecule has 0 bridgehead atoms. The summed E-state index contributed by atoms with van der Waals surface area (Å²) in [5.41, 5.74) is 0.119. The normalized spacial score (nSPS) is 11.5. The molecule has 2 rings (SSSR count). The van der Waals surface area contributed by atoms with Crippen LogP contribution in [0, 0.1) is 11.3 Å². The van der Waals surface area contributed by atoms with Gasteiger partial charge in [0.25, 0.3) is 0 Å². The molecule has 0 atom stereocenters. The molecule has 0 saturated carbocycles. The van der Waals surface area contributed by atoms with Gasteiger partial charge in [-0.1, -0.05) is 23.4 Å². The van der Waals surface area contributed by atoms with Crippen LogP contribution in [-0.2, 0) is 14.4 Å². The second-order valence-corrected chi connectivity index (χ2v) is 5.99.